The van der Waals surface area contributed by atoms with Gasteiger partial charge in [0.1, 0.15) is 29.9 Å². The first kappa shape index (κ1) is 44.3. The lowest BCUT2D eigenvalue weighted by Crippen LogP contribution is -2.60. The van der Waals surface area contributed by atoms with E-state index >= 15 is 0 Å². The Morgan fingerprint density at radius 1 is 0.648 bits per heavy atom. The fourth-order valence-corrected chi connectivity index (χ4v) is 5.34. The summed E-state index contributed by atoms with van der Waals surface area (Å²) in [6.07, 6.45) is 1.56. The summed E-state index contributed by atoms with van der Waals surface area (Å²) in [5.74, 6) is -4.06. The molecule has 296 valence electrons. The molecule has 2 rings (SSSR count). The highest BCUT2D eigenvalue weighted by atomic mass is 16.3. The molecule has 2 aromatic rings. The smallest absolute Gasteiger partial charge is 0.243 e. The molecule has 0 aliphatic carbocycles. The molecule has 18 nitrogen and oxygen atoms in total. The minimum absolute atomic E-state index is 0.000832. The average Bonchev–Trinajstić information content (AvgIpc) is 3.13. The predicted octanol–water partition coefficient (Wildman–Crippen LogP) is -1.92. The summed E-state index contributed by atoms with van der Waals surface area (Å²) in [6.45, 7) is 4.00. The standard InChI is InChI=1S/C36H56N12O6/c1-3-21(2)29(48-33(53)28(20-23-13-15-24(49)16-14-23)47-31(51)25(37)11-7-17-43-35(39)40)34(54)45-26(12-8-18-44-36(41)42)32(52)46-27(30(38)50)19-22-9-5-4-6-10-22/h4-6,9-10,13-16,21,25-29,49H,3,7-8,11-12,17-20,37H2,1-2H3,(H2,38,50)(H,45,54)(H,46,52)(H,47,51)(H,48,53)(H4,39,40,43)(H4,41,42,44). The number of carbonyl (C=O) groups is 5. The van der Waals surface area contributed by atoms with Crippen molar-refractivity contribution in [1.29, 1.82) is 0 Å². The SMILES string of the molecule is CCC(C)C(NC(=O)C(Cc1ccc(O)cc1)NC(=O)C(N)CCCN=C(N)N)C(=O)NC(CCCN=C(N)N)C(=O)NC(Cc1ccccc1)C(N)=O. The van der Waals surface area contributed by atoms with E-state index in [2.05, 4.69) is 31.3 Å². The van der Waals surface area contributed by atoms with Crippen LogP contribution in [-0.2, 0) is 36.8 Å². The molecule has 0 aromatic heterocycles. The molecule has 18 heteroatoms. The number of phenolic OH excluding ortho intramolecular Hbond substituents is 1. The molecule has 0 heterocycles. The molecule has 0 saturated carbocycles. The minimum Gasteiger partial charge on any atom is -0.508 e. The number of amides is 5. The van der Waals surface area contributed by atoms with Gasteiger partial charge in [-0.05, 0) is 54.9 Å². The molecule has 6 unspecified atom stereocenters. The summed E-state index contributed by atoms with van der Waals surface area (Å²) in [6, 6.07) is 9.47. The number of hydrogen-bond donors (Lipinski definition) is 11. The van der Waals surface area contributed by atoms with Crippen LogP contribution in [0, 0.1) is 5.92 Å². The van der Waals surface area contributed by atoms with Crippen LogP contribution in [0.4, 0.5) is 0 Å². The van der Waals surface area contributed by atoms with Crippen molar-refractivity contribution >= 4 is 41.5 Å². The van der Waals surface area contributed by atoms with Crippen molar-refractivity contribution in [1.82, 2.24) is 21.3 Å². The first-order valence-electron chi connectivity index (χ1n) is 17.8. The average molecular weight is 753 g/mol. The monoisotopic (exact) mass is 752 g/mol. The van der Waals surface area contributed by atoms with Gasteiger partial charge in [-0.1, -0.05) is 62.7 Å². The molecule has 6 atom stereocenters. The second kappa shape index (κ2) is 22.9. The highest BCUT2D eigenvalue weighted by molar-refractivity contribution is 5.96. The Kier molecular flexibility index (Phi) is 18.8. The number of carbonyl (C=O) groups excluding carboxylic acids is 5. The predicted molar refractivity (Wildman–Crippen MR) is 206 cm³/mol. The van der Waals surface area contributed by atoms with Crippen molar-refractivity contribution in [3.05, 3.63) is 65.7 Å². The fraction of sp³-hybridized carbons (Fsp3) is 0.472. The van der Waals surface area contributed by atoms with Crippen LogP contribution >= 0.6 is 0 Å². The van der Waals surface area contributed by atoms with Crippen molar-refractivity contribution in [3.63, 3.8) is 0 Å². The highest BCUT2D eigenvalue weighted by Gasteiger charge is 2.33. The number of hydrogen-bond acceptors (Lipinski definition) is 9. The van der Waals surface area contributed by atoms with Crippen molar-refractivity contribution in [2.45, 2.75) is 89.0 Å². The molecule has 0 bridgehead atoms. The van der Waals surface area contributed by atoms with Gasteiger partial charge in [-0.3, -0.25) is 34.0 Å². The van der Waals surface area contributed by atoms with Crippen LogP contribution in [0.1, 0.15) is 57.1 Å². The maximum atomic E-state index is 14.0. The number of phenols is 1. The van der Waals surface area contributed by atoms with Crippen molar-refractivity contribution < 1.29 is 29.1 Å². The normalized spacial score (nSPS) is 14.1. The highest BCUT2D eigenvalue weighted by Crippen LogP contribution is 2.14. The van der Waals surface area contributed by atoms with E-state index in [1.165, 1.54) is 12.1 Å². The summed E-state index contributed by atoms with van der Waals surface area (Å²) in [4.78, 5) is 74.9. The van der Waals surface area contributed by atoms with E-state index in [0.29, 0.717) is 18.4 Å². The molecular weight excluding hydrogens is 696 g/mol. The zero-order chi connectivity index (χ0) is 40.2. The van der Waals surface area contributed by atoms with E-state index in [1.807, 2.05) is 13.0 Å². The van der Waals surface area contributed by atoms with Crippen LogP contribution in [0.5, 0.6) is 5.75 Å². The quantitative estimate of drug-likeness (QED) is 0.0338. The second-order valence-corrected chi connectivity index (χ2v) is 13.0. The number of nitrogens with two attached hydrogens (primary N) is 6. The van der Waals surface area contributed by atoms with Crippen LogP contribution < -0.4 is 55.7 Å². The first-order chi connectivity index (χ1) is 25.6. The van der Waals surface area contributed by atoms with E-state index in [4.69, 9.17) is 34.4 Å². The van der Waals surface area contributed by atoms with E-state index in [9.17, 15) is 29.1 Å². The zero-order valence-electron chi connectivity index (χ0n) is 30.9. The Morgan fingerprint density at radius 3 is 1.70 bits per heavy atom. The van der Waals surface area contributed by atoms with Gasteiger partial charge in [0.25, 0.3) is 0 Å². The van der Waals surface area contributed by atoms with Gasteiger partial charge in [0.2, 0.25) is 29.5 Å². The van der Waals surface area contributed by atoms with E-state index in [0.717, 1.165) is 5.56 Å². The van der Waals surface area contributed by atoms with Gasteiger partial charge in [0.15, 0.2) is 11.9 Å². The maximum absolute atomic E-state index is 14.0. The molecule has 17 N–H and O–H groups in total. The summed E-state index contributed by atoms with van der Waals surface area (Å²) in [5.41, 5.74) is 34.7. The molecule has 0 aliphatic heterocycles. The van der Waals surface area contributed by atoms with Crippen molar-refractivity contribution in [2.75, 3.05) is 13.1 Å². The lowest BCUT2D eigenvalue weighted by Gasteiger charge is -2.29. The third-order valence-electron chi connectivity index (χ3n) is 8.63. The molecular formula is C36H56N12O6. The molecule has 2 aromatic carbocycles. The number of aliphatic imine (C=N–C) groups is 2. The van der Waals surface area contributed by atoms with Gasteiger partial charge in [-0.2, -0.15) is 0 Å². The van der Waals surface area contributed by atoms with Crippen LogP contribution in [0.25, 0.3) is 0 Å². The topological polar surface area (TPSA) is 335 Å². The van der Waals surface area contributed by atoms with E-state index < -0.39 is 65.7 Å². The summed E-state index contributed by atoms with van der Waals surface area (Å²) >= 11 is 0. The molecule has 54 heavy (non-hydrogen) atoms. The Bertz CT molecular complexity index is 1580. The zero-order valence-corrected chi connectivity index (χ0v) is 30.9. The largest absolute Gasteiger partial charge is 0.508 e. The van der Waals surface area contributed by atoms with E-state index in [1.54, 1.807) is 43.3 Å². The molecule has 5 amide bonds. The number of aromatic hydroxyl groups is 1. The minimum atomic E-state index is -1.18. The molecule has 0 radical (unpaired) electrons. The first-order valence-corrected chi connectivity index (χ1v) is 17.8. The summed E-state index contributed by atoms with van der Waals surface area (Å²) in [5, 5.41) is 20.6. The Balaban J connectivity index is 2.32. The summed E-state index contributed by atoms with van der Waals surface area (Å²) < 4.78 is 0. The number of nitrogens with zero attached hydrogens (tertiary/aromatic N) is 2. The van der Waals surface area contributed by atoms with Crippen LogP contribution in [0.3, 0.4) is 0 Å². The third kappa shape index (κ3) is 16.2. The second-order valence-electron chi connectivity index (χ2n) is 13.0. The van der Waals surface area contributed by atoms with Gasteiger partial charge in [0, 0.05) is 25.9 Å². The fourth-order valence-electron chi connectivity index (χ4n) is 5.34. The lowest BCUT2D eigenvalue weighted by molar-refractivity contribution is -0.135. The number of rotatable bonds is 23. The lowest BCUT2D eigenvalue weighted by atomic mass is 9.96. The van der Waals surface area contributed by atoms with Crippen molar-refractivity contribution in [2.24, 2.45) is 50.3 Å². The van der Waals surface area contributed by atoms with Crippen molar-refractivity contribution in [3.8, 4) is 5.75 Å². The maximum Gasteiger partial charge on any atom is 0.243 e. The Morgan fingerprint density at radius 2 is 1.15 bits per heavy atom. The van der Waals surface area contributed by atoms with E-state index in [-0.39, 0.29) is 62.9 Å². The van der Waals surface area contributed by atoms with Crippen LogP contribution in [-0.4, -0.2) is 89.9 Å². The van der Waals surface area contributed by atoms with Gasteiger partial charge in [0.05, 0.1) is 6.04 Å². The van der Waals surface area contributed by atoms with Gasteiger partial charge < -0.3 is 60.8 Å². The molecule has 0 spiro atoms. The molecule has 0 saturated heterocycles. The van der Waals surface area contributed by atoms with Gasteiger partial charge in [-0.25, -0.2) is 0 Å². The molecule has 0 fully saturated rings. The van der Waals surface area contributed by atoms with Crippen LogP contribution in [0.2, 0.25) is 0 Å². The number of benzene rings is 2. The Hall–Kier alpha value is -5.91. The number of guanidine groups is 2. The molecule has 0 aliphatic rings. The number of primary amides is 1. The number of nitrogens with one attached hydrogen (secondary N) is 4. The van der Waals surface area contributed by atoms with Gasteiger partial charge >= 0.3 is 0 Å². The third-order valence-corrected chi connectivity index (χ3v) is 8.63. The summed E-state index contributed by atoms with van der Waals surface area (Å²) in [7, 11) is 0. The van der Waals surface area contributed by atoms with Crippen LogP contribution in [0.15, 0.2) is 64.6 Å². The Labute approximate surface area is 315 Å². The van der Waals surface area contributed by atoms with Gasteiger partial charge in [-0.15, -0.1) is 0 Å².